The highest BCUT2D eigenvalue weighted by Gasteiger charge is 2.39. The van der Waals surface area contributed by atoms with Gasteiger partial charge in [-0.05, 0) is 49.2 Å². The zero-order valence-electron chi connectivity index (χ0n) is 16.4. The van der Waals surface area contributed by atoms with Gasteiger partial charge in [0, 0.05) is 13.6 Å². The molecule has 4 rings (SSSR count). The number of carbonyl (C=O) groups is 1. The molecule has 0 radical (unpaired) electrons. The normalized spacial score (nSPS) is 18.2. The molecule has 3 aromatic rings. The summed E-state index contributed by atoms with van der Waals surface area (Å²) in [4.78, 5) is 17.6. The number of aryl methyl sites for hydroxylation is 1. The zero-order valence-corrected chi connectivity index (χ0v) is 18.0. The van der Waals surface area contributed by atoms with E-state index in [1.54, 1.807) is 18.7 Å². The lowest BCUT2D eigenvalue weighted by molar-refractivity contribution is -0.121. The van der Waals surface area contributed by atoms with Gasteiger partial charge in [-0.15, -0.1) is 0 Å². The van der Waals surface area contributed by atoms with Crippen LogP contribution in [0, 0.1) is 5.82 Å². The summed E-state index contributed by atoms with van der Waals surface area (Å²) in [7, 11) is -0.564. The van der Waals surface area contributed by atoms with Crippen molar-refractivity contribution in [2.45, 2.75) is 23.8 Å². The maximum absolute atomic E-state index is 13.2. The quantitative estimate of drug-likeness (QED) is 0.613. The Morgan fingerprint density at radius 1 is 1.23 bits per heavy atom. The van der Waals surface area contributed by atoms with Gasteiger partial charge in [-0.3, -0.25) is 4.79 Å². The van der Waals surface area contributed by atoms with Gasteiger partial charge in [0.1, 0.15) is 23.1 Å². The first-order chi connectivity index (χ1) is 14.3. The van der Waals surface area contributed by atoms with Gasteiger partial charge >= 0.3 is 0 Å². The van der Waals surface area contributed by atoms with Gasteiger partial charge in [0.2, 0.25) is 10.0 Å². The Hall–Kier alpha value is -2.56. The van der Waals surface area contributed by atoms with Crippen LogP contribution in [0.15, 0.2) is 52.4 Å². The summed E-state index contributed by atoms with van der Waals surface area (Å²) in [6, 6.07) is 9.31. The van der Waals surface area contributed by atoms with Crippen molar-refractivity contribution >= 4 is 37.5 Å². The van der Waals surface area contributed by atoms with E-state index in [0.29, 0.717) is 23.4 Å². The van der Waals surface area contributed by atoms with E-state index in [1.807, 2.05) is 18.2 Å². The van der Waals surface area contributed by atoms with E-state index in [4.69, 9.17) is 4.74 Å². The van der Waals surface area contributed by atoms with Crippen LogP contribution in [0.2, 0.25) is 0 Å². The molecule has 7 nitrogen and oxygen atoms in total. The molecule has 1 saturated heterocycles. The number of nitrogens with zero attached hydrogens (tertiary/aromatic N) is 3. The van der Waals surface area contributed by atoms with E-state index in [2.05, 4.69) is 4.99 Å². The second-order valence-corrected chi connectivity index (χ2v) is 9.83. The number of rotatable bonds is 4. The van der Waals surface area contributed by atoms with Crippen LogP contribution in [0.4, 0.5) is 4.39 Å². The van der Waals surface area contributed by atoms with Gasteiger partial charge < -0.3 is 9.30 Å². The number of ether oxygens (including phenoxy) is 1. The van der Waals surface area contributed by atoms with E-state index in [0.717, 1.165) is 22.3 Å². The van der Waals surface area contributed by atoms with Crippen LogP contribution in [0.1, 0.15) is 12.8 Å². The third-order valence-corrected chi connectivity index (χ3v) is 8.14. The predicted octanol–water partition coefficient (Wildman–Crippen LogP) is 2.67. The molecule has 0 aliphatic carbocycles. The summed E-state index contributed by atoms with van der Waals surface area (Å²) in [6.07, 6.45) is 0.944. The minimum Gasteiger partial charge on any atom is -0.495 e. The zero-order chi connectivity index (χ0) is 21.5. The average Bonchev–Trinajstić information content (AvgIpc) is 3.34. The summed E-state index contributed by atoms with van der Waals surface area (Å²) >= 11 is 1.33. The van der Waals surface area contributed by atoms with E-state index in [9.17, 15) is 17.6 Å². The van der Waals surface area contributed by atoms with Gasteiger partial charge in [0.25, 0.3) is 5.91 Å². The van der Waals surface area contributed by atoms with Gasteiger partial charge in [-0.1, -0.05) is 17.4 Å². The maximum Gasteiger partial charge on any atom is 0.266 e. The van der Waals surface area contributed by atoms with E-state index in [-0.39, 0.29) is 11.4 Å². The highest BCUT2D eigenvalue weighted by Crippen LogP contribution is 2.28. The number of amides is 1. The molecule has 30 heavy (non-hydrogen) atoms. The first-order valence-electron chi connectivity index (χ1n) is 9.31. The average molecular weight is 450 g/mol. The Labute approximate surface area is 177 Å². The molecule has 1 aliphatic rings. The molecular weight excluding hydrogens is 429 g/mol. The number of carbonyl (C=O) groups excluding carboxylic acids is 1. The minimum atomic E-state index is -3.92. The van der Waals surface area contributed by atoms with Gasteiger partial charge in [-0.25, -0.2) is 12.8 Å². The number of hydrogen-bond donors (Lipinski definition) is 0. The number of hydrogen-bond acceptors (Lipinski definition) is 5. The number of thiazole rings is 1. The smallest absolute Gasteiger partial charge is 0.266 e. The molecule has 0 N–H and O–H groups in total. The number of benzene rings is 2. The van der Waals surface area contributed by atoms with Gasteiger partial charge in [-0.2, -0.15) is 9.30 Å². The molecule has 2 heterocycles. The van der Waals surface area contributed by atoms with Crippen molar-refractivity contribution in [3.05, 3.63) is 53.1 Å². The Kier molecular flexibility index (Phi) is 5.48. The summed E-state index contributed by atoms with van der Waals surface area (Å²) in [6.45, 7) is 0.220. The molecule has 2 aromatic carbocycles. The SMILES string of the molecule is COc1cccc2sc(=NC(=O)C3CCCN3S(=O)(=O)c3ccc(F)cc3)n(C)c12. The second kappa shape index (κ2) is 7.93. The van der Waals surface area contributed by atoms with Gasteiger partial charge in [0.05, 0.1) is 16.7 Å². The molecule has 1 aliphatic heterocycles. The predicted molar refractivity (Wildman–Crippen MR) is 111 cm³/mol. The largest absolute Gasteiger partial charge is 0.495 e. The molecule has 1 fully saturated rings. The molecule has 1 amide bonds. The number of methoxy groups -OCH3 is 1. The lowest BCUT2D eigenvalue weighted by Gasteiger charge is -2.21. The number of para-hydroxylation sites is 1. The Morgan fingerprint density at radius 3 is 2.67 bits per heavy atom. The monoisotopic (exact) mass is 449 g/mol. The number of fused-ring (bicyclic) bond motifs is 1. The summed E-state index contributed by atoms with van der Waals surface area (Å²) < 4.78 is 48.4. The van der Waals surface area contributed by atoms with Gasteiger partial charge in [0.15, 0.2) is 4.80 Å². The molecule has 158 valence electrons. The van der Waals surface area contributed by atoms with Crippen LogP contribution in [0.3, 0.4) is 0 Å². The van der Waals surface area contributed by atoms with Crippen molar-refractivity contribution in [1.82, 2.24) is 8.87 Å². The fourth-order valence-corrected chi connectivity index (χ4v) is 6.32. The van der Waals surface area contributed by atoms with Crippen molar-refractivity contribution < 1.29 is 22.3 Å². The van der Waals surface area contributed by atoms with E-state index >= 15 is 0 Å². The molecular formula is C20H20FN3O4S2. The van der Waals surface area contributed by atoms with Crippen LogP contribution in [0.25, 0.3) is 10.2 Å². The Balaban J connectivity index is 1.70. The molecule has 0 bridgehead atoms. The third-order valence-electron chi connectivity index (χ3n) is 5.12. The summed E-state index contributed by atoms with van der Waals surface area (Å²) in [5.41, 5.74) is 0.818. The molecule has 1 aromatic heterocycles. The van der Waals surface area contributed by atoms with E-state index < -0.39 is 27.8 Å². The topological polar surface area (TPSA) is 81.0 Å². The van der Waals surface area contributed by atoms with Crippen molar-refractivity contribution in [3.8, 4) is 5.75 Å². The molecule has 1 unspecified atom stereocenters. The van der Waals surface area contributed by atoms with E-state index in [1.165, 1.54) is 27.8 Å². The first-order valence-corrected chi connectivity index (χ1v) is 11.6. The van der Waals surface area contributed by atoms with Crippen LogP contribution in [-0.2, 0) is 21.9 Å². The Bertz CT molecular complexity index is 1280. The Morgan fingerprint density at radius 2 is 1.97 bits per heavy atom. The number of aromatic nitrogens is 1. The lowest BCUT2D eigenvalue weighted by atomic mass is 10.2. The first kappa shape index (κ1) is 20.7. The summed E-state index contributed by atoms with van der Waals surface area (Å²) in [5.74, 6) is -0.369. The highest BCUT2D eigenvalue weighted by atomic mass is 32.2. The maximum atomic E-state index is 13.2. The van der Waals surface area contributed by atoms with Crippen molar-refractivity contribution in [2.24, 2.45) is 12.0 Å². The standard InChI is InChI=1S/C20H20FN3O4S2/c1-23-18-16(28-2)6-3-7-17(18)29-20(23)22-19(25)15-5-4-12-24(15)30(26,27)14-10-8-13(21)9-11-14/h3,6-11,15H,4-5,12H2,1-2H3. The second-order valence-electron chi connectivity index (χ2n) is 6.93. The highest BCUT2D eigenvalue weighted by molar-refractivity contribution is 7.89. The van der Waals surface area contributed by atoms with Crippen LogP contribution in [-0.4, -0.2) is 42.9 Å². The molecule has 10 heteroatoms. The van der Waals surface area contributed by atoms with Crippen molar-refractivity contribution in [2.75, 3.05) is 13.7 Å². The minimum absolute atomic E-state index is 0.0410. The van der Waals surface area contributed by atoms with Crippen LogP contribution in [0.5, 0.6) is 5.75 Å². The third kappa shape index (κ3) is 3.55. The van der Waals surface area contributed by atoms with Crippen molar-refractivity contribution in [3.63, 3.8) is 0 Å². The fourth-order valence-electron chi connectivity index (χ4n) is 3.63. The summed E-state index contributed by atoms with van der Waals surface area (Å²) in [5, 5.41) is 0. The molecule has 0 spiro atoms. The lowest BCUT2D eigenvalue weighted by Crippen LogP contribution is -2.40. The fraction of sp³-hybridized carbons (Fsp3) is 0.300. The molecule has 0 saturated carbocycles. The van der Waals surface area contributed by atoms with Crippen LogP contribution < -0.4 is 9.54 Å². The van der Waals surface area contributed by atoms with Crippen LogP contribution >= 0.6 is 11.3 Å². The number of halogens is 1. The number of sulfonamides is 1. The molecule has 1 atom stereocenters. The van der Waals surface area contributed by atoms with Crippen molar-refractivity contribution in [1.29, 1.82) is 0 Å².